The fourth-order valence-corrected chi connectivity index (χ4v) is 7.49. The molecule has 0 heterocycles. The fraction of sp³-hybridized carbons (Fsp3) is 0.864. The summed E-state index contributed by atoms with van der Waals surface area (Å²) in [5, 5.41) is 11.4. The monoisotopic (exact) mass is 330 g/mol. The molecule has 6 atom stereocenters. The van der Waals surface area contributed by atoms with E-state index in [0.29, 0.717) is 11.7 Å². The van der Waals surface area contributed by atoms with Gasteiger partial charge in [0.15, 0.2) is 5.78 Å². The minimum Gasteiger partial charge on any atom is -0.389 e. The molecule has 0 aromatic heterocycles. The number of allylic oxidation sites excluding steroid dienone is 1. The first kappa shape index (κ1) is 16.8. The molecular weight excluding hydrogens is 296 g/mol. The Bertz CT molecular complexity index is 579. The molecule has 1 N–H and O–H groups in total. The van der Waals surface area contributed by atoms with Crippen LogP contribution in [0.25, 0.3) is 0 Å². The average molecular weight is 331 g/mol. The molecule has 3 saturated carbocycles. The second-order valence-corrected chi connectivity index (χ2v) is 9.75. The minimum absolute atomic E-state index is 0.117. The van der Waals surface area contributed by atoms with Crippen LogP contribution in [0, 0.1) is 28.6 Å². The summed E-state index contributed by atoms with van der Waals surface area (Å²) in [6.07, 6.45) is 12.8. The first-order valence-electron chi connectivity index (χ1n) is 10.3. The Morgan fingerprint density at radius 2 is 1.83 bits per heavy atom. The van der Waals surface area contributed by atoms with E-state index in [1.165, 1.54) is 31.3 Å². The third kappa shape index (κ3) is 2.08. The van der Waals surface area contributed by atoms with Crippen molar-refractivity contribution in [2.24, 2.45) is 28.6 Å². The third-order valence-corrected chi connectivity index (χ3v) is 8.95. The van der Waals surface area contributed by atoms with Crippen LogP contribution < -0.4 is 0 Å². The number of hydrogen-bond acceptors (Lipinski definition) is 2. The van der Waals surface area contributed by atoms with Crippen molar-refractivity contribution in [2.45, 2.75) is 90.6 Å². The smallest absolute Gasteiger partial charge is 0.155 e. The molecule has 0 spiro atoms. The summed E-state index contributed by atoms with van der Waals surface area (Å²) in [6, 6.07) is 0. The lowest BCUT2D eigenvalue weighted by Gasteiger charge is -2.59. The summed E-state index contributed by atoms with van der Waals surface area (Å²) < 4.78 is 0. The summed E-state index contributed by atoms with van der Waals surface area (Å²) in [5.41, 5.74) is 1.39. The van der Waals surface area contributed by atoms with E-state index in [1.54, 1.807) is 0 Å². The van der Waals surface area contributed by atoms with Gasteiger partial charge in [-0.2, -0.15) is 0 Å². The molecule has 0 amide bonds. The predicted octanol–water partition coefficient (Wildman–Crippen LogP) is 5.05. The van der Waals surface area contributed by atoms with Gasteiger partial charge in [0.25, 0.3) is 0 Å². The first-order valence-corrected chi connectivity index (χ1v) is 10.3. The molecule has 0 unspecified atom stereocenters. The molecule has 24 heavy (non-hydrogen) atoms. The maximum absolute atomic E-state index is 11.9. The molecule has 134 valence electrons. The molecule has 2 heteroatoms. The van der Waals surface area contributed by atoms with Crippen LogP contribution in [0.1, 0.15) is 85.0 Å². The molecule has 4 aliphatic carbocycles. The van der Waals surface area contributed by atoms with Gasteiger partial charge in [-0.05, 0) is 86.0 Å². The Kier molecular flexibility index (Phi) is 3.81. The quantitative estimate of drug-likeness (QED) is 0.769. The summed E-state index contributed by atoms with van der Waals surface area (Å²) >= 11 is 0. The molecule has 4 rings (SSSR count). The number of carbonyl (C=O) groups excluding carboxylic acids is 1. The van der Waals surface area contributed by atoms with Gasteiger partial charge in [-0.15, -0.1) is 0 Å². The average Bonchev–Trinajstić information content (AvgIpc) is 2.80. The van der Waals surface area contributed by atoms with Crippen molar-refractivity contribution in [2.75, 3.05) is 0 Å². The van der Waals surface area contributed by atoms with Crippen LogP contribution in [-0.4, -0.2) is 16.5 Å². The second kappa shape index (κ2) is 5.43. The van der Waals surface area contributed by atoms with Gasteiger partial charge in [-0.25, -0.2) is 0 Å². The van der Waals surface area contributed by atoms with Gasteiger partial charge in [0.05, 0.1) is 5.60 Å². The van der Waals surface area contributed by atoms with E-state index < -0.39 is 5.60 Å². The third-order valence-electron chi connectivity index (χ3n) is 8.95. The largest absolute Gasteiger partial charge is 0.389 e. The van der Waals surface area contributed by atoms with E-state index in [-0.39, 0.29) is 10.8 Å². The van der Waals surface area contributed by atoms with E-state index in [0.717, 1.165) is 50.4 Å². The number of carbonyl (C=O) groups is 1. The molecule has 0 radical (unpaired) electrons. The maximum atomic E-state index is 11.9. The zero-order chi connectivity index (χ0) is 17.2. The highest BCUT2D eigenvalue weighted by Gasteiger charge is 2.63. The molecule has 3 fully saturated rings. The van der Waals surface area contributed by atoms with Crippen LogP contribution in [0.4, 0.5) is 0 Å². The topological polar surface area (TPSA) is 37.3 Å². The minimum atomic E-state index is -0.434. The van der Waals surface area contributed by atoms with E-state index in [1.807, 2.05) is 6.08 Å². The number of fused-ring (bicyclic) bond motifs is 5. The standard InChI is InChI=1S/C22H34O2/c1-4-10-22(24)13-9-19-17-6-5-15-14-16(23)7-11-20(15,2)18(17)8-12-21(19,22)3/h14,17-19,24H,4-13H2,1-3H3/t17-,18+,19+,20-,21+,22-/m0/s1. The van der Waals surface area contributed by atoms with Crippen molar-refractivity contribution in [3.63, 3.8) is 0 Å². The van der Waals surface area contributed by atoms with E-state index >= 15 is 0 Å². The predicted molar refractivity (Wildman–Crippen MR) is 96.6 cm³/mol. The summed E-state index contributed by atoms with van der Waals surface area (Å²) in [6.45, 7) is 7.05. The molecule has 0 aromatic rings. The van der Waals surface area contributed by atoms with Gasteiger partial charge in [-0.1, -0.05) is 32.8 Å². The number of aliphatic hydroxyl groups is 1. The highest BCUT2D eigenvalue weighted by atomic mass is 16.3. The van der Waals surface area contributed by atoms with Crippen molar-refractivity contribution in [1.29, 1.82) is 0 Å². The maximum Gasteiger partial charge on any atom is 0.155 e. The van der Waals surface area contributed by atoms with E-state index in [9.17, 15) is 9.90 Å². The Balaban J connectivity index is 1.66. The second-order valence-electron chi connectivity index (χ2n) is 9.75. The lowest BCUT2D eigenvalue weighted by atomic mass is 9.46. The van der Waals surface area contributed by atoms with Gasteiger partial charge >= 0.3 is 0 Å². The first-order chi connectivity index (χ1) is 11.3. The Labute approximate surface area is 147 Å². The van der Waals surface area contributed by atoms with Gasteiger partial charge in [0, 0.05) is 6.42 Å². The Hall–Kier alpha value is -0.630. The Morgan fingerprint density at radius 3 is 2.58 bits per heavy atom. The lowest BCUT2D eigenvalue weighted by Crippen LogP contribution is -2.54. The van der Waals surface area contributed by atoms with E-state index in [4.69, 9.17) is 0 Å². The molecule has 0 aromatic carbocycles. The van der Waals surface area contributed by atoms with Gasteiger partial charge < -0.3 is 5.11 Å². The van der Waals surface area contributed by atoms with Crippen LogP contribution in [0.15, 0.2) is 11.6 Å². The van der Waals surface area contributed by atoms with Crippen molar-refractivity contribution in [3.8, 4) is 0 Å². The summed E-state index contributed by atoms with van der Waals surface area (Å²) in [7, 11) is 0. The van der Waals surface area contributed by atoms with E-state index in [2.05, 4.69) is 20.8 Å². The van der Waals surface area contributed by atoms with Gasteiger partial charge in [0.1, 0.15) is 0 Å². The van der Waals surface area contributed by atoms with Crippen LogP contribution in [0.2, 0.25) is 0 Å². The SMILES string of the molecule is CCC[C@]1(O)CC[C@@H]2[C@H]3CCC4=CC(=O)CC[C@]4(C)[C@@H]3CC[C@]21C. The van der Waals surface area contributed by atoms with Crippen LogP contribution in [0.3, 0.4) is 0 Å². The van der Waals surface area contributed by atoms with Gasteiger partial charge in [-0.3, -0.25) is 4.79 Å². The Morgan fingerprint density at radius 1 is 1.08 bits per heavy atom. The number of rotatable bonds is 2. The highest BCUT2D eigenvalue weighted by molar-refractivity contribution is 5.91. The van der Waals surface area contributed by atoms with Crippen LogP contribution >= 0.6 is 0 Å². The van der Waals surface area contributed by atoms with Crippen molar-refractivity contribution in [3.05, 3.63) is 11.6 Å². The fourth-order valence-electron chi connectivity index (χ4n) is 7.49. The zero-order valence-electron chi connectivity index (χ0n) is 15.7. The summed E-state index contributed by atoms with van der Waals surface area (Å²) in [4.78, 5) is 11.9. The van der Waals surface area contributed by atoms with Crippen LogP contribution in [-0.2, 0) is 4.79 Å². The molecule has 0 bridgehead atoms. The number of hydrogen-bond donors (Lipinski definition) is 1. The zero-order valence-corrected chi connectivity index (χ0v) is 15.7. The molecule has 0 aliphatic heterocycles. The van der Waals surface area contributed by atoms with Gasteiger partial charge in [0.2, 0.25) is 0 Å². The normalized spacial score (nSPS) is 50.8. The van der Waals surface area contributed by atoms with Crippen molar-refractivity contribution >= 4 is 5.78 Å². The van der Waals surface area contributed by atoms with Crippen molar-refractivity contribution in [1.82, 2.24) is 0 Å². The molecule has 2 nitrogen and oxygen atoms in total. The number of ketones is 1. The lowest BCUT2D eigenvalue weighted by molar-refractivity contribution is -0.132. The summed E-state index contributed by atoms with van der Waals surface area (Å²) in [5.74, 6) is 2.51. The highest BCUT2D eigenvalue weighted by Crippen LogP contribution is 2.68. The molecule has 4 aliphatic rings. The molecule has 0 saturated heterocycles. The van der Waals surface area contributed by atoms with Crippen molar-refractivity contribution < 1.29 is 9.90 Å². The van der Waals surface area contributed by atoms with Crippen LogP contribution in [0.5, 0.6) is 0 Å². The molecular formula is C22H34O2.